The Kier molecular flexibility index (Phi) is 6.11. The first kappa shape index (κ1) is 17.6. The Morgan fingerprint density at radius 2 is 2.00 bits per heavy atom. The average Bonchev–Trinajstić information content (AvgIpc) is 2.52. The van der Waals surface area contributed by atoms with Crippen LogP contribution in [0.1, 0.15) is 23.6 Å². The Balaban J connectivity index is 2.56. The van der Waals surface area contributed by atoms with E-state index in [2.05, 4.69) is 14.2 Å². The molecule has 0 N–H and O–H groups in total. The van der Waals surface area contributed by atoms with Crippen molar-refractivity contribution in [2.75, 3.05) is 7.11 Å². The van der Waals surface area contributed by atoms with Crippen LogP contribution in [0.4, 0.5) is 0 Å². The van der Waals surface area contributed by atoms with Crippen molar-refractivity contribution in [3.8, 4) is 5.75 Å². The van der Waals surface area contributed by atoms with E-state index in [4.69, 9.17) is 39.5 Å². The number of rotatable bonds is 4. The zero-order chi connectivity index (χ0) is 16.3. The van der Waals surface area contributed by atoms with Gasteiger partial charge in [0, 0.05) is 17.3 Å². The Hall–Kier alpha value is -0.790. The van der Waals surface area contributed by atoms with Gasteiger partial charge in [0.25, 0.3) is 0 Å². The van der Waals surface area contributed by atoms with Crippen molar-refractivity contribution in [2.24, 2.45) is 0 Å². The van der Waals surface area contributed by atoms with Crippen LogP contribution in [0.2, 0.25) is 15.2 Å². The molecule has 0 aliphatic heterocycles. The molecule has 0 bridgehead atoms. The van der Waals surface area contributed by atoms with Crippen molar-refractivity contribution in [2.45, 2.75) is 13.3 Å². The molecular weight excluding hydrogens is 360 g/mol. The molecule has 2 aromatic rings. The molecule has 0 radical (unpaired) electrons. The molecule has 6 heteroatoms. The van der Waals surface area contributed by atoms with E-state index in [9.17, 15) is 0 Å². The van der Waals surface area contributed by atoms with Crippen LogP contribution in [0.15, 0.2) is 24.4 Å². The Bertz CT molecular complexity index is 686. The monoisotopic (exact) mass is 373 g/mol. The summed E-state index contributed by atoms with van der Waals surface area (Å²) in [5.41, 5.74) is 2.64. The fraction of sp³-hybridized carbons (Fsp3) is 0.188. The molecule has 22 heavy (non-hydrogen) atoms. The van der Waals surface area contributed by atoms with E-state index in [-0.39, 0.29) is 0 Å². The summed E-state index contributed by atoms with van der Waals surface area (Å²) in [6, 6.07) is 5.49. The number of hydrogen-bond acceptors (Lipinski definition) is 2. The second-order valence-electron chi connectivity index (χ2n) is 4.60. The Morgan fingerprint density at radius 1 is 1.27 bits per heavy atom. The van der Waals surface area contributed by atoms with E-state index in [1.54, 1.807) is 19.4 Å². The van der Waals surface area contributed by atoms with Gasteiger partial charge in [0.05, 0.1) is 17.2 Å². The second kappa shape index (κ2) is 7.66. The molecule has 2 rings (SSSR count). The van der Waals surface area contributed by atoms with Gasteiger partial charge < -0.3 is 4.74 Å². The molecule has 0 amide bonds. The normalized spacial score (nSPS) is 11.6. The highest BCUT2D eigenvalue weighted by molar-refractivity contribution is 7.32. The maximum atomic E-state index is 6.47. The highest BCUT2D eigenvalue weighted by atomic mass is 35.5. The minimum atomic E-state index is 0.451. The summed E-state index contributed by atoms with van der Waals surface area (Å²) in [5, 5.41) is 2.48. The SMILES string of the molecule is CCc1cc(OC)c(Cl)c(/C=C(\P)c2ccc(Cl)nc2)c1Cl. The molecule has 1 aromatic heterocycles. The van der Waals surface area contributed by atoms with Gasteiger partial charge in [-0.1, -0.05) is 41.7 Å². The summed E-state index contributed by atoms with van der Waals surface area (Å²) in [4.78, 5) is 4.07. The van der Waals surface area contributed by atoms with Crippen LogP contribution < -0.4 is 4.74 Å². The highest BCUT2D eigenvalue weighted by Crippen LogP contribution is 2.39. The zero-order valence-electron chi connectivity index (χ0n) is 12.2. The number of hydrogen-bond donors (Lipinski definition) is 0. The summed E-state index contributed by atoms with van der Waals surface area (Å²) in [6.45, 7) is 2.03. The lowest BCUT2D eigenvalue weighted by Gasteiger charge is -2.13. The number of benzene rings is 1. The lowest BCUT2D eigenvalue weighted by atomic mass is 10.1. The predicted octanol–water partition coefficient (Wildman–Crippen LogP) is 5.99. The van der Waals surface area contributed by atoms with Gasteiger partial charge in [-0.05, 0) is 41.6 Å². The van der Waals surface area contributed by atoms with E-state index in [1.165, 1.54) is 0 Å². The van der Waals surface area contributed by atoms with Crippen LogP contribution in [0.3, 0.4) is 0 Å². The summed E-state index contributed by atoms with van der Waals surface area (Å²) >= 11 is 18.7. The Labute approximate surface area is 147 Å². The van der Waals surface area contributed by atoms with Gasteiger partial charge in [0.2, 0.25) is 0 Å². The molecule has 0 saturated carbocycles. The fourth-order valence-corrected chi connectivity index (χ4v) is 3.12. The molecular formula is C16H15Cl3NOP. The van der Waals surface area contributed by atoms with Crippen molar-refractivity contribution in [3.05, 3.63) is 56.3 Å². The third-order valence-electron chi connectivity index (χ3n) is 3.24. The number of nitrogens with zero attached hydrogens (tertiary/aromatic N) is 1. The molecule has 2 nitrogen and oxygen atoms in total. The van der Waals surface area contributed by atoms with Gasteiger partial charge in [0.15, 0.2) is 0 Å². The third-order valence-corrected chi connectivity index (χ3v) is 4.80. The van der Waals surface area contributed by atoms with Crippen molar-refractivity contribution >= 4 is 55.4 Å². The average molecular weight is 375 g/mol. The van der Waals surface area contributed by atoms with E-state index >= 15 is 0 Å². The first-order valence-electron chi connectivity index (χ1n) is 6.61. The first-order chi connectivity index (χ1) is 10.5. The maximum Gasteiger partial charge on any atom is 0.138 e. The van der Waals surface area contributed by atoms with Crippen LogP contribution in [-0.2, 0) is 6.42 Å². The fourth-order valence-electron chi connectivity index (χ4n) is 2.00. The van der Waals surface area contributed by atoms with Gasteiger partial charge in [-0.3, -0.25) is 0 Å². The van der Waals surface area contributed by atoms with Gasteiger partial charge in [-0.2, -0.15) is 0 Å². The lowest BCUT2D eigenvalue weighted by molar-refractivity contribution is 0.414. The van der Waals surface area contributed by atoms with E-state index < -0.39 is 0 Å². The predicted molar refractivity (Wildman–Crippen MR) is 99.2 cm³/mol. The third kappa shape index (κ3) is 3.75. The molecule has 0 aliphatic carbocycles. The summed E-state index contributed by atoms with van der Waals surface area (Å²) < 4.78 is 5.33. The van der Waals surface area contributed by atoms with E-state index in [0.717, 1.165) is 28.4 Å². The number of aryl methyl sites for hydroxylation is 1. The number of ether oxygens (including phenoxy) is 1. The highest BCUT2D eigenvalue weighted by Gasteiger charge is 2.14. The molecule has 0 saturated heterocycles. The van der Waals surface area contributed by atoms with Gasteiger partial charge in [-0.15, -0.1) is 9.24 Å². The molecule has 1 unspecified atom stereocenters. The topological polar surface area (TPSA) is 22.1 Å². The minimum absolute atomic E-state index is 0.451. The summed E-state index contributed by atoms with van der Waals surface area (Å²) in [7, 11) is 4.26. The molecule has 116 valence electrons. The van der Waals surface area contributed by atoms with E-state index in [1.807, 2.05) is 25.1 Å². The first-order valence-corrected chi connectivity index (χ1v) is 8.33. The maximum absolute atomic E-state index is 6.47. The lowest BCUT2D eigenvalue weighted by Crippen LogP contribution is -1.93. The zero-order valence-corrected chi connectivity index (χ0v) is 15.6. The van der Waals surface area contributed by atoms with Gasteiger partial charge >= 0.3 is 0 Å². The number of aromatic nitrogens is 1. The minimum Gasteiger partial charge on any atom is -0.495 e. The van der Waals surface area contributed by atoms with Crippen molar-refractivity contribution < 1.29 is 4.74 Å². The van der Waals surface area contributed by atoms with Crippen LogP contribution in [0.25, 0.3) is 11.4 Å². The van der Waals surface area contributed by atoms with E-state index in [0.29, 0.717) is 20.9 Å². The van der Waals surface area contributed by atoms with Crippen molar-refractivity contribution in [1.82, 2.24) is 4.98 Å². The molecule has 1 aromatic carbocycles. The van der Waals surface area contributed by atoms with Crippen LogP contribution in [-0.4, -0.2) is 12.1 Å². The number of pyridine rings is 1. The van der Waals surface area contributed by atoms with Crippen LogP contribution in [0.5, 0.6) is 5.75 Å². The van der Waals surface area contributed by atoms with Crippen molar-refractivity contribution in [3.63, 3.8) is 0 Å². The largest absolute Gasteiger partial charge is 0.495 e. The summed E-state index contributed by atoms with van der Waals surface area (Å²) in [6.07, 6.45) is 4.40. The molecule has 0 spiro atoms. The smallest absolute Gasteiger partial charge is 0.138 e. The van der Waals surface area contributed by atoms with Crippen LogP contribution in [0, 0.1) is 0 Å². The second-order valence-corrected chi connectivity index (χ2v) is 6.37. The molecule has 0 fully saturated rings. The molecule has 0 aliphatic rings. The molecule has 1 atom stereocenters. The van der Waals surface area contributed by atoms with Gasteiger partial charge in [-0.25, -0.2) is 4.98 Å². The molecule has 1 heterocycles. The van der Waals surface area contributed by atoms with Crippen LogP contribution >= 0.6 is 44.0 Å². The quantitative estimate of drug-likeness (QED) is 0.484. The Morgan fingerprint density at radius 3 is 2.55 bits per heavy atom. The van der Waals surface area contributed by atoms with Gasteiger partial charge in [0.1, 0.15) is 10.9 Å². The number of methoxy groups -OCH3 is 1. The number of halogens is 3. The summed E-state index contributed by atoms with van der Waals surface area (Å²) in [5.74, 6) is 0.612. The van der Waals surface area contributed by atoms with Crippen molar-refractivity contribution in [1.29, 1.82) is 0 Å². The standard InChI is InChI=1S/C16H15Cl3NOP/c1-3-9-6-12(21-2)16(19)11(15(9)18)7-13(22)10-4-5-14(17)20-8-10/h4-8H,3,22H2,1-2H3/b13-7-.